The first-order chi connectivity index (χ1) is 19.1. The Labute approximate surface area is 234 Å². The maximum atomic E-state index is 13.6. The van der Waals surface area contributed by atoms with Crippen LogP contribution in [-0.2, 0) is 10.0 Å². The van der Waals surface area contributed by atoms with Crippen molar-refractivity contribution in [1.29, 1.82) is 0 Å². The molecule has 0 radical (unpaired) electrons. The molecule has 4 rings (SSSR count). The number of hydrogen-bond acceptors (Lipinski definition) is 6. The second-order valence-electron chi connectivity index (χ2n) is 9.93. The van der Waals surface area contributed by atoms with Crippen LogP contribution >= 0.6 is 0 Å². The minimum Gasteiger partial charge on any atom is -0.487 e. The van der Waals surface area contributed by atoms with Crippen LogP contribution in [0.4, 0.5) is 16.2 Å². The number of aliphatic hydroxyl groups is 1. The summed E-state index contributed by atoms with van der Waals surface area (Å²) in [6.07, 6.45) is -0.501. The van der Waals surface area contributed by atoms with Crippen LogP contribution in [0.2, 0.25) is 0 Å². The van der Waals surface area contributed by atoms with E-state index in [9.17, 15) is 23.1 Å². The molecule has 3 aromatic rings. The number of likely N-dealkylation sites (N-methyl/N-ethyl adjacent to an activating group) is 1. The summed E-state index contributed by atoms with van der Waals surface area (Å²) in [6, 6.07) is 20.7. The molecule has 0 bridgehead atoms. The van der Waals surface area contributed by atoms with Gasteiger partial charge in [-0.2, -0.15) is 0 Å². The van der Waals surface area contributed by atoms with E-state index in [-0.39, 0.29) is 53.5 Å². The van der Waals surface area contributed by atoms with Crippen molar-refractivity contribution >= 4 is 33.3 Å². The lowest BCUT2D eigenvalue weighted by atomic mass is 9.99. The van der Waals surface area contributed by atoms with Crippen molar-refractivity contribution in [2.75, 3.05) is 36.8 Å². The summed E-state index contributed by atoms with van der Waals surface area (Å²) < 4.78 is 34.6. The van der Waals surface area contributed by atoms with Gasteiger partial charge in [-0.3, -0.25) is 9.52 Å². The third-order valence-electron chi connectivity index (χ3n) is 6.80. The van der Waals surface area contributed by atoms with Crippen molar-refractivity contribution in [3.63, 3.8) is 0 Å². The van der Waals surface area contributed by atoms with E-state index in [1.54, 1.807) is 55.3 Å². The summed E-state index contributed by atoms with van der Waals surface area (Å²) >= 11 is 0. The molecule has 10 nitrogen and oxygen atoms in total. The average molecular weight is 567 g/mol. The Hall–Kier alpha value is -4.09. The molecule has 3 aromatic carbocycles. The number of hydrogen-bond donors (Lipinski definition) is 3. The predicted molar refractivity (Wildman–Crippen MR) is 153 cm³/mol. The number of urea groups is 1. The number of para-hydroxylation sites is 1. The molecule has 0 fully saturated rings. The lowest BCUT2D eigenvalue weighted by Gasteiger charge is -2.38. The molecule has 0 aromatic heterocycles. The Bertz CT molecular complexity index is 1440. The Morgan fingerprint density at radius 1 is 1.07 bits per heavy atom. The molecule has 40 heavy (non-hydrogen) atoms. The first-order valence-corrected chi connectivity index (χ1v) is 14.4. The van der Waals surface area contributed by atoms with Gasteiger partial charge in [0.25, 0.3) is 15.9 Å². The smallest absolute Gasteiger partial charge is 0.321 e. The van der Waals surface area contributed by atoms with Crippen molar-refractivity contribution < 1.29 is 27.9 Å². The topological polar surface area (TPSA) is 128 Å². The van der Waals surface area contributed by atoms with Gasteiger partial charge in [-0.15, -0.1) is 0 Å². The first-order valence-electron chi connectivity index (χ1n) is 13.0. The van der Waals surface area contributed by atoms with E-state index < -0.39 is 28.1 Å². The summed E-state index contributed by atoms with van der Waals surface area (Å²) in [7, 11) is -2.22. The third-order valence-corrected chi connectivity index (χ3v) is 8.19. The number of nitrogens with zero attached hydrogens (tertiary/aromatic N) is 2. The second-order valence-corrected chi connectivity index (χ2v) is 11.6. The Kier molecular flexibility index (Phi) is 8.96. The van der Waals surface area contributed by atoms with E-state index in [1.165, 1.54) is 29.2 Å². The molecule has 0 saturated carbocycles. The van der Waals surface area contributed by atoms with Crippen LogP contribution in [0.5, 0.6) is 5.75 Å². The summed E-state index contributed by atoms with van der Waals surface area (Å²) in [5, 5.41) is 12.7. The van der Waals surface area contributed by atoms with Crippen LogP contribution < -0.4 is 14.8 Å². The highest BCUT2D eigenvalue weighted by molar-refractivity contribution is 7.92. The Morgan fingerprint density at radius 2 is 1.73 bits per heavy atom. The van der Waals surface area contributed by atoms with Gasteiger partial charge in [-0.25, -0.2) is 13.2 Å². The van der Waals surface area contributed by atoms with Crippen LogP contribution in [0.1, 0.15) is 24.2 Å². The fourth-order valence-electron chi connectivity index (χ4n) is 4.41. The van der Waals surface area contributed by atoms with Crippen LogP contribution in [0.3, 0.4) is 0 Å². The Morgan fingerprint density at radius 3 is 2.38 bits per heavy atom. The highest BCUT2D eigenvalue weighted by Crippen LogP contribution is 2.31. The number of anilines is 2. The molecular formula is C29H34N4O6S. The van der Waals surface area contributed by atoms with Gasteiger partial charge in [0, 0.05) is 30.9 Å². The van der Waals surface area contributed by atoms with E-state index >= 15 is 0 Å². The minimum absolute atomic E-state index is 0.0885. The molecule has 11 heteroatoms. The van der Waals surface area contributed by atoms with Crippen molar-refractivity contribution in [3.05, 3.63) is 84.4 Å². The number of ether oxygens (including phenoxy) is 1. The Balaban J connectivity index is 1.62. The third kappa shape index (κ3) is 6.72. The maximum Gasteiger partial charge on any atom is 0.321 e. The predicted octanol–water partition coefficient (Wildman–Crippen LogP) is 3.87. The molecule has 1 aliphatic rings. The number of aliphatic hydroxyl groups excluding tert-OH is 1. The highest BCUT2D eigenvalue weighted by Gasteiger charge is 2.34. The van der Waals surface area contributed by atoms with E-state index in [0.29, 0.717) is 5.69 Å². The number of carbonyl (C=O) groups excluding carboxylic acids is 2. The lowest BCUT2D eigenvalue weighted by molar-refractivity contribution is 0.0371. The van der Waals surface area contributed by atoms with E-state index in [2.05, 4.69) is 10.0 Å². The molecule has 1 heterocycles. The molecule has 212 valence electrons. The summed E-state index contributed by atoms with van der Waals surface area (Å²) in [6.45, 7) is 3.89. The zero-order valence-electron chi connectivity index (χ0n) is 22.7. The molecule has 0 unspecified atom stereocenters. The fraction of sp³-hybridized carbons (Fsp3) is 0.310. The van der Waals surface area contributed by atoms with Crippen LogP contribution in [-0.4, -0.2) is 74.2 Å². The summed E-state index contributed by atoms with van der Waals surface area (Å²) in [5.41, 5.74) is 1.01. The van der Waals surface area contributed by atoms with Crippen LogP contribution in [0, 0.1) is 5.92 Å². The van der Waals surface area contributed by atoms with Gasteiger partial charge in [0.15, 0.2) is 0 Å². The molecule has 0 aliphatic carbocycles. The van der Waals surface area contributed by atoms with Gasteiger partial charge in [-0.1, -0.05) is 43.3 Å². The van der Waals surface area contributed by atoms with E-state index in [4.69, 9.17) is 4.74 Å². The van der Waals surface area contributed by atoms with Gasteiger partial charge in [0.05, 0.1) is 29.7 Å². The van der Waals surface area contributed by atoms with Gasteiger partial charge in [-0.05, 0) is 49.4 Å². The van der Waals surface area contributed by atoms with Gasteiger partial charge in [0.1, 0.15) is 11.9 Å². The zero-order valence-corrected chi connectivity index (χ0v) is 23.5. The number of rotatable bonds is 8. The monoisotopic (exact) mass is 566 g/mol. The summed E-state index contributed by atoms with van der Waals surface area (Å²) in [5.74, 6) is -0.330. The first kappa shape index (κ1) is 28.9. The largest absolute Gasteiger partial charge is 0.487 e. The van der Waals surface area contributed by atoms with Crippen LogP contribution in [0.25, 0.3) is 0 Å². The van der Waals surface area contributed by atoms with Crippen molar-refractivity contribution in [2.24, 2.45) is 5.92 Å². The zero-order chi connectivity index (χ0) is 28.9. The maximum absolute atomic E-state index is 13.6. The molecule has 0 saturated heterocycles. The SMILES string of the molecule is C[C@H]1CN([C@@H](C)CO)C(=O)c2cc(NS(=O)(=O)c3ccccc3)ccc2O[C@H]1CN(C)C(=O)Nc1ccccc1. The molecular weight excluding hydrogens is 532 g/mol. The van der Waals surface area contributed by atoms with Crippen molar-refractivity contribution in [2.45, 2.75) is 30.9 Å². The molecule has 1 aliphatic heterocycles. The van der Waals surface area contributed by atoms with Crippen molar-refractivity contribution in [1.82, 2.24) is 9.80 Å². The number of fused-ring (bicyclic) bond motifs is 1. The number of carbonyl (C=O) groups is 2. The van der Waals surface area contributed by atoms with Gasteiger partial charge < -0.3 is 25.0 Å². The number of sulfonamides is 1. The van der Waals surface area contributed by atoms with E-state index in [1.807, 2.05) is 25.1 Å². The number of nitrogens with one attached hydrogen (secondary N) is 2. The molecule has 0 spiro atoms. The number of amides is 3. The van der Waals surface area contributed by atoms with Crippen molar-refractivity contribution in [3.8, 4) is 5.75 Å². The van der Waals surface area contributed by atoms with E-state index in [0.717, 1.165) is 0 Å². The van der Waals surface area contributed by atoms with Gasteiger partial charge >= 0.3 is 6.03 Å². The lowest BCUT2D eigenvalue weighted by Crippen LogP contribution is -2.50. The number of benzene rings is 3. The molecule has 3 atom stereocenters. The van der Waals surface area contributed by atoms with Gasteiger partial charge in [0.2, 0.25) is 0 Å². The highest BCUT2D eigenvalue weighted by atomic mass is 32.2. The normalized spacial score (nSPS) is 18.0. The second kappa shape index (κ2) is 12.4. The summed E-state index contributed by atoms with van der Waals surface area (Å²) in [4.78, 5) is 29.7. The minimum atomic E-state index is -3.89. The quantitative estimate of drug-likeness (QED) is 0.380. The molecule has 3 amide bonds. The molecule has 3 N–H and O–H groups in total. The van der Waals surface area contributed by atoms with Crippen LogP contribution in [0.15, 0.2) is 83.8 Å². The fourth-order valence-corrected chi connectivity index (χ4v) is 5.48. The standard InChI is InChI=1S/C29H34N4O6S/c1-20-17-33(21(2)19-34)28(35)25-16-23(31-40(37,38)24-12-8-5-9-13-24)14-15-26(25)39-27(20)18-32(3)29(36)30-22-10-6-4-7-11-22/h4-16,20-21,27,31,34H,17-19H2,1-3H3,(H,30,36)/t20-,21-,27-/m0/s1. The average Bonchev–Trinajstić information content (AvgIpc) is 2.95.